The number of hydrogen-bond acceptors (Lipinski definition) is 1. The molecular weight excluding hydrogens is 162 g/mol. The topological polar surface area (TPSA) is 34.7 Å². The van der Waals surface area contributed by atoms with Crippen LogP contribution in [0.1, 0.15) is 53.4 Å². The van der Waals surface area contributed by atoms with Crippen LogP contribution in [0.25, 0.3) is 0 Å². The molecule has 2 unspecified atom stereocenters. The standard InChI is InChI=1S/C11H23N.H2O/c1-5-11(4)9-7-8-10(3)12(11)6-2;/h10H,5-9H2,1-4H3;1H2. The van der Waals surface area contributed by atoms with Gasteiger partial charge in [-0.2, -0.15) is 0 Å². The van der Waals surface area contributed by atoms with Crippen molar-refractivity contribution >= 4 is 0 Å². The number of nitrogens with zero attached hydrogens (tertiary/aromatic N) is 1. The van der Waals surface area contributed by atoms with Gasteiger partial charge in [-0.05, 0) is 39.7 Å². The summed E-state index contributed by atoms with van der Waals surface area (Å²) < 4.78 is 0. The minimum Gasteiger partial charge on any atom is -0.412 e. The molecule has 2 atom stereocenters. The summed E-state index contributed by atoms with van der Waals surface area (Å²) >= 11 is 0. The molecule has 2 N–H and O–H groups in total. The average molecular weight is 187 g/mol. The van der Waals surface area contributed by atoms with E-state index in [4.69, 9.17) is 0 Å². The summed E-state index contributed by atoms with van der Waals surface area (Å²) in [6.07, 6.45) is 5.50. The van der Waals surface area contributed by atoms with Crippen molar-refractivity contribution in [2.45, 2.75) is 65.0 Å². The molecule has 2 heteroatoms. The first-order valence-corrected chi connectivity index (χ1v) is 5.40. The van der Waals surface area contributed by atoms with E-state index in [9.17, 15) is 0 Å². The van der Waals surface area contributed by atoms with Crippen molar-refractivity contribution < 1.29 is 5.48 Å². The van der Waals surface area contributed by atoms with Gasteiger partial charge in [-0.3, -0.25) is 4.90 Å². The molecule has 80 valence electrons. The molecule has 0 aromatic rings. The Labute approximate surface area is 82.6 Å². The maximum Gasteiger partial charge on any atom is 0.0181 e. The van der Waals surface area contributed by atoms with Gasteiger partial charge in [-0.15, -0.1) is 0 Å². The minimum atomic E-state index is 0. The van der Waals surface area contributed by atoms with Crippen LogP contribution < -0.4 is 0 Å². The van der Waals surface area contributed by atoms with Crippen LogP contribution in [0.3, 0.4) is 0 Å². The van der Waals surface area contributed by atoms with E-state index >= 15 is 0 Å². The van der Waals surface area contributed by atoms with Crippen LogP contribution in [0.15, 0.2) is 0 Å². The smallest absolute Gasteiger partial charge is 0.0181 e. The van der Waals surface area contributed by atoms with Gasteiger partial charge in [0.1, 0.15) is 0 Å². The van der Waals surface area contributed by atoms with Crippen LogP contribution in [-0.4, -0.2) is 28.5 Å². The van der Waals surface area contributed by atoms with E-state index in [2.05, 4.69) is 32.6 Å². The van der Waals surface area contributed by atoms with Crippen molar-refractivity contribution in [3.8, 4) is 0 Å². The summed E-state index contributed by atoms with van der Waals surface area (Å²) in [5.74, 6) is 0. The molecule has 0 spiro atoms. The van der Waals surface area contributed by atoms with Crippen molar-refractivity contribution in [1.82, 2.24) is 4.90 Å². The van der Waals surface area contributed by atoms with E-state index in [1.165, 1.54) is 32.2 Å². The fourth-order valence-electron chi connectivity index (χ4n) is 2.68. The van der Waals surface area contributed by atoms with Gasteiger partial charge in [0, 0.05) is 11.6 Å². The molecule has 1 fully saturated rings. The second kappa shape index (κ2) is 4.97. The zero-order valence-electron chi connectivity index (χ0n) is 9.56. The first-order chi connectivity index (χ1) is 5.64. The molecule has 1 rings (SSSR count). The fraction of sp³-hybridized carbons (Fsp3) is 1.00. The quantitative estimate of drug-likeness (QED) is 0.653. The number of rotatable bonds is 2. The molecule has 2 nitrogen and oxygen atoms in total. The van der Waals surface area contributed by atoms with Crippen LogP contribution in [-0.2, 0) is 0 Å². The van der Waals surface area contributed by atoms with E-state index in [0.717, 1.165) is 6.04 Å². The van der Waals surface area contributed by atoms with E-state index in [-0.39, 0.29) is 5.48 Å². The fourth-order valence-corrected chi connectivity index (χ4v) is 2.68. The summed E-state index contributed by atoms with van der Waals surface area (Å²) in [5.41, 5.74) is 0.492. The SMILES string of the molecule is CCN1C(C)CCCC1(C)CC.O. The third kappa shape index (κ3) is 2.44. The van der Waals surface area contributed by atoms with Crippen LogP contribution in [0.4, 0.5) is 0 Å². The molecule has 0 aromatic heterocycles. The molecule has 1 heterocycles. The summed E-state index contributed by atoms with van der Waals surface area (Å²) in [7, 11) is 0. The van der Waals surface area contributed by atoms with Gasteiger partial charge in [0.15, 0.2) is 0 Å². The van der Waals surface area contributed by atoms with Gasteiger partial charge in [-0.1, -0.05) is 20.3 Å². The normalized spacial score (nSPS) is 35.5. The maximum absolute atomic E-state index is 2.68. The highest BCUT2D eigenvalue weighted by molar-refractivity contribution is 4.91. The lowest BCUT2D eigenvalue weighted by molar-refractivity contribution is 0.0209. The molecule has 1 saturated heterocycles. The van der Waals surface area contributed by atoms with Gasteiger partial charge in [0.05, 0.1) is 0 Å². The van der Waals surface area contributed by atoms with Gasteiger partial charge < -0.3 is 5.48 Å². The molecule has 0 aromatic carbocycles. The van der Waals surface area contributed by atoms with E-state index in [1.54, 1.807) is 0 Å². The predicted octanol–water partition coefficient (Wildman–Crippen LogP) is 2.22. The van der Waals surface area contributed by atoms with Gasteiger partial charge in [-0.25, -0.2) is 0 Å². The Bertz CT molecular complexity index is 149. The van der Waals surface area contributed by atoms with Crippen LogP contribution >= 0.6 is 0 Å². The van der Waals surface area contributed by atoms with Gasteiger partial charge in [0.25, 0.3) is 0 Å². The highest BCUT2D eigenvalue weighted by Gasteiger charge is 2.35. The minimum absolute atomic E-state index is 0. The zero-order valence-corrected chi connectivity index (χ0v) is 9.56. The molecule has 1 aliphatic rings. The number of piperidine rings is 1. The van der Waals surface area contributed by atoms with Crippen LogP contribution in [0, 0.1) is 0 Å². The Morgan fingerprint density at radius 2 is 2.00 bits per heavy atom. The molecule has 0 amide bonds. The third-order valence-electron chi connectivity index (χ3n) is 3.67. The molecule has 0 bridgehead atoms. The van der Waals surface area contributed by atoms with Crippen molar-refractivity contribution in [2.75, 3.05) is 6.54 Å². The highest BCUT2D eigenvalue weighted by Crippen LogP contribution is 2.33. The average Bonchev–Trinajstić information content (AvgIpc) is 2.05. The molecule has 0 aliphatic carbocycles. The maximum atomic E-state index is 2.68. The number of likely N-dealkylation sites (tertiary alicyclic amines) is 1. The highest BCUT2D eigenvalue weighted by atomic mass is 16.0. The van der Waals surface area contributed by atoms with Crippen molar-refractivity contribution in [2.24, 2.45) is 0 Å². The lowest BCUT2D eigenvalue weighted by Gasteiger charge is -2.48. The molecule has 0 radical (unpaired) electrons. The molecular formula is C11H25NO. The van der Waals surface area contributed by atoms with Crippen molar-refractivity contribution in [3.05, 3.63) is 0 Å². The number of hydrogen-bond donors (Lipinski definition) is 0. The molecule has 1 aliphatic heterocycles. The summed E-state index contributed by atoms with van der Waals surface area (Å²) in [5, 5.41) is 0. The first kappa shape index (κ1) is 12.9. The Kier molecular flexibility index (Phi) is 4.93. The van der Waals surface area contributed by atoms with Gasteiger partial charge >= 0.3 is 0 Å². The first-order valence-electron chi connectivity index (χ1n) is 5.40. The zero-order chi connectivity index (χ0) is 9.19. The van der Waals surface area contributed by atoms with E-state index in [1.807, 2.05) is 0 Å². The van der Waals surface area contributed by atoms with E-state index < -0.39 is 0 Å². The Morgan fingerprint density at radius 1 is 1.38 bits per heavy atom. The van der Waals surface area contributed by atoms with Crippen LogP contribution in [0.2, 0.25) is 0 Å². The Balaban J connectivity index is 0.00000144. The van der Waals surface area contributed by atoms with E-state index in [0.29, 0.717) is 5.54 Å². The third-order valence-corrected chi connectivity index (χ3v) is 3.67. The van der Waals surface area contributed by atoms with Crippen molar-refractivity contribution in [3.63, 3.8) is 0 Å². The molecule has 0 saturated carbocycles. The Hall–Kier alpha value is -0.0800. The summed E-state index contributed by atoms with van der Waals surface area (Å²) in [6.45, 7) is 10.6. The van der Waals surface area contributed by atoms with Crippen molar-refractivity contribution in [1.29, 1.82) is 0 Å². The summed E-state index contributed by atoms with van der Waals surface area (Å²) in [6, 6.07) is 0.800. The largest absolute Gasteiger partial charge is 0.412 e. The molecule has 13 heavy (non-hydrogen) atoms. The second-order valence-electron chi connectivity index (χ2n) is 4.38. The lowest BCUT2D eigenvalue weighted by Crippen LogP contribution is -2.53. The monoisotopic (exact) mass is 187 g/mol. The predicted molar refractivity (Wildman–Crippen MR) is 58.0 cm³/mol. The second-order valence-corrected chi connectivity index (χ2v) is 4.38. The summed E-state index contributed by atoms with van der Waals surface area (Å²) in [4.78, 5) is 2.68. The van der Waals surface area contributed by atoms with Gasteiger partial charge in [0.2, 0.25) is 0 Å². The Morgan fingerprint density at radius 3 is 2.38 bits per heavy atom. The lowest BCUT2D eigenvalue weighted by atomic mass is 9.83. The van der Waals surface area contributed by atoms with Crippen LogP contribution in [0.5, 0.6) is 0 Å².